The van der Waals surface area contributed by atoms with Gasteiger partial charge in [-0.05, 0) is 41.6 Å². The molecule has 1 aliphatic rings. The molecule has 2 aromatic carbocycles. The van der Waals surface area contributed by atoms with E-state index in [1.807, 2.05) is 46.7 Å². The predicted molar refractivity (Wildman–Crippen MR) is 123 cm³/mol. The van der Waals surface area contributed by atoms with Gasteiger partial charge in [0, 0.05) is 12.2 Å². The molecule has 2 aromatic heterocycles. The van der Waals surface area contributed by atoms with Gasteiger partial charge in [0.05, 0.1) is 22.0 Å². The van der Waals surface area contributed by atoms with E-state index in [4.69, 9.17) is 11.6 Å². The number of carbonyl (C=O) groups is 1. The molecule has 5 nitrogen and oxygen atoms in total. The number of thiophene rings is 1. The highest BCUT2D eigenvalue weighted by atomic mass is 35.5. The summed E-state index contributed by atoms with van der Waals surface area (Å²) in [6, 6.07) is 16.9. The number of anilines is 1. The molecule has 0 aliphatic carbocycles. The fraction of sp³-hybridized carbons (Fsp3) is 0.136. The molecule has 8 heteroatoms. The highest BCUT2D eigenvalue weighted by Gasteiger charge is 2.25. The average molecular weight is 454 g/mol. The lowest BCUT2D eigenvalue weighted by Crippen LogP contribution is -2.31. The van der Waals surface area contributed by atoms with Crippen LogP contribution in [0.15, 0.2) is 69.9 Å². The Kier molecular flexibility index (Phi) is 5.10. The minimum absolute atomic E-state index is 0.00433. The Balaban J connectivity index is 1.50. The fourth-order valence-corrected chi connectivity index (χ4v) is 5.50. The van der Waals surface area contributed by atoms with Crippen LogP contribution in [-0.4, -0.2) is 27.8 Å². The van der Waals surface area contributed by atoms with Crippen molar-refractivity contribution in [2.75, 3.05) is 17.2 Å². The van der Waals surface area contributed by atoms with Crippen molar-refractivity contribution < 1.29 is 4.79 Å². The van der Waals surface area contributed by atoms with E-state index in [1.165, 1.54) is 33.2 Å². The summed E-state index contributed by atoms with van der Waals surface area (Å²) >= 11 is 8.99. The Bertz CT molecular complexity index is 1330. The Morgan fingerprint density at radius 2 is 1.87 bits per heavy atom. The van der Waals surface area contributed by atoms with E-state index < -0.39 is 0 Å². The van der Waals surface area contributed by atoms with Crippen LogP contribution in [0, 0.1) is 0 Å². The Morgan fingerprint density at radius 3 is 2.70 bits per heavy atom. The van der Waals surface area contributed by atoms with Crippen molar-refractivity contribution in [3.05, 3.63) is 80.9 Å². The second-order valence-electron chi connectivity index (χ2n) is 6.83. The molecule has 0 atom stereocenters. The number of benzene rings is 2. The SMILES string of the molecule is O=C(CSc1nc2ccsc2c(=O)n1-c1ccccc1Cl)N1CCc2ccccc21. The van der Waals surface area contributed by atoms with Gasteiger partial charge < -0.3 is 4.90 Å². The first-order valence-corrected chi connectivity index (χ1v) is 11.6. The molecule has 0 fully saturated rings. The lowest BCUT2D eigenvalue weighted by Gasteiger charge is -2.18. The second-order valence-corrected chi connectivity index (χ2v) is 9.10. The van der Waals surface area contributed by atoms with Crippen LogP contribution in [0.3, 0.4) is 0 Å². The molecular weight excluding hydrogens is 438 g/mol. The van der Waals surface area contributed by atoms with Crippen molar-refractivity contribution >= 4 is 56.5 Å². The topological polar surface area (TPSA) is 55.2 Å². The van der Waals surface area contributed by atoms with Gasteiger partial charge in [-0.15, -0.1) is 11.3 Å². The third-order valence-electron chi connectivity index (χ3n) is 5.06. The molecule has 30 heavy (non-hydrogen) atoms. The van der Waals surface area contributed by atoms with E-state index in [-0.39, 0.29) is 17.2 Å². The Labute approximate surface area is 185 Å². The molecule has 0 saturated carbocycles. The van der Waals surface area contributed by atoms with Gasteiger partial charge in [0.25, 0.3) is 5.56 Å². The van der Waals surface area contributed by atoms with E-state index in [9.17, 15) is 9.59 Å². The lowest BCUT2D eigenvalue weighted by atomic mass is 10.2. The lowest BCUT2D eigenvalue weighted by molar-refractivity contribution is -0.116. The fourth-order valence-electron chi connectivity index (χ4n) is 3.64. The minimum atomic E-state index is -0.176. The van der Waals surface area contributed by atoms with Crippen molar-refractivity contribution in [3.63, 3.8) is 0 Å². The predicted octanol–water partition coefficient (Wildman–Crippen LogP) is 4.78. The van der Waals surface area contributed by atoms with Gasteiger partial charge in [-0.3, -0.25) is 14.2 Å². The monoisotopic (exact) mass is 453 g/mol. The van der Waals surface area contributed by atoms with Gasteiger partial charge in [0.1, 0.15) is 4.70 Å². The molecule has 5 rings (SSSR count). The molecule has 0 unspecified atom stereocenters. The van der Waals surface area contributed by atoms with Crippen molar-refractivity contribution in [1.82, 2.24) is 9.55 Å². The molecule has 0 saturated heterocycles. The molecule has 4 aromatic rings. The summed E-state index contributed by atoms with van der Waals surface area (Å²) in [5, 5.41) is 2.76. The summed E-state index contributed by atoms with van der Waals surface area (Å²) in [5.74, 6) is 0.177. The quantitative estimate of drug-likeness (QED) is 0.329. The zero-order valence-corrected chi connectivity index (χ0v) is 18.1. The zero-order chi connectivity index (χ0) is 20.7. The minimum Gasteiger partial charge on any atom is -0.311 e. The van der Waals surface area contributed by atoms with Crippen molar-refractivity contribution in [1.29, 1.82) is 0 Å². The summed E-state index contributed by atoms with van der Waals surface area (Å²) in [6.45, 7) is 0.674. The number of hydrogen-bond acceptors (Lipinski definition) is 5. The summed E-state index contributed by atoms with van der Waals surface area (Å²) in [7, 11) is 0. The first-order chi connectivity index (χ1) is 14.6. The van der Waals surface area contributed by atoms with Crippen LogP contribution >= 0.6 is 34.7 Å². The van der Waals surface area contributed by atoms with Gasteiger partial charge in [0.2, 0.25) is 5.91 Å². The van der Waals surface area contributed by atoms with Gasteiger partial charge >= 0.3 is 0 Å². The van der Waals surface area contributed by atoms with E-state index in [2.05, 4.69) is 11.1 Å². The van der Waals surface area contributed by atoms with Gasteiger partial charge in [-0.25, -0.2) is 4.98 Å². The first-order valence-electron chi connectivity index (χ1n) is 9.40. The number of thioether (sulfide) groups is 1. The number of para-hydroxylation sites is 2. The number of hydrogen-bond donors (Lipinski definition) is 0. The summed E-state index contributed by atoms with van der Waals surface area (Å²) < 4.78 is 2.08. The number of aromatic nitrogens is 2. The van der Waals surface area contributed by atoms with Gasteiger partial charge in [-0.2, -0.15) is 0 Å². The van der Waals surface area contributed by atoms with Gasteiger partial charge in [-0.1, -0.05) is 53.7 Å². The van der Waals surface area contributed by atoms with Crippen LogP contribution < -0.4 is 10.5 Å². The van der Waals surface area contributed by atoms with Crippen molar-refractivity contribution in [2.45, 2.75) is 11.6 Å². The third-order valence-corrected chi connectivity index (χ3v) is 7.19. The van der Waals surface area contributed by atoms with Crippen LogP contribution in [0.4, 0.5) is 5.69 Å². The first kappa shape index (κ1) is 19.4. The molecule has 3 heterocycles. The highest BCUT2D eigenvalue weighted by Crippen LogP contribution is 2.30. The number of amides is 1. The molecular formula is C22H16ClN3O2S2. The number of carbonyl (C=O) groups excluding carboxylic acids is 1. The average Bonchev–Trinajstić information content (AvgIpc) is 3.40. The van der Waals surface area contributed by atoms with Gasteiger partial charge in [0.15, 0.2) is 5.16 Å². The molecule has 0 spiro atoms. The maximum absolute atomic E-state index is 13.2. The Morgan fingerprint density at radius 1 is 1.10 bits per heavy atom. The largest absolute Gasteiger partial charge is 0.311 e. The Hall–Kier alpha value is -2.61. The second kappa shape index (κ2) is 7.91. The van der Waals surface area contributed by atoms with E-state index in [1.54, 1.807) is 12.1 Å². The standard InChI is InChI=1S/C22H16ClN3O2S2/c23-15-6-2-4-8-18(15)26-21(28)20-16(10-12-29-20)24-22(26)30-13-19(27)25-11-9-14-5-1-3-7-17(14)25/h1-8,10,12H,9,11,13H2. The number of fused-ring (bicyclic) bond motifs is 2. The van der Waals surface area contributed by atoms with E-state index >= 15 is 0 Å². The maximum atomic E-state index is 13.2. The molecule has 0 N–H and O–H groups in total. The number of halogens is 1. The number of rotatable bonds is 4. The molecule has 0 bridgehead atoms. The van der Waals surface area contributed by atoms with Crippen LogP contribution in [0.1, 0.15) is 5.56 Å². The zero-order valence-electron chi connectivity index (χ0n) is 15.7. The van der Waals surface area contributed by atoms with Crippen molar-refractivity contribution in [3.8, 4) is 5.69 Å². The summed E-state index contributed by atoms with van der Waals surface area (Å²) in [4.78, 5) is 32.6. The van der Waals surface area contributed by atoms with Crippen LogP contribution in [0.25, 0.3) is 15.9 Å². The third kappa shape index (κ3) is 3.33. The van der Waals surface area contributed by atoms with Crippen molar-refractivity contribution in [2.24, 2.45) is 0 Å². The smallest absolute Gasteiger partial charge is 0.276 e. The molecule has 1 amide bonds. The van der Waals surface area contributed by atoms with Crippen LogP contribution in [0.5, 0.6) is 0 Å². The molecule has 150 valence electrons. The van der Waals surface area contributed by atoms with E-state index in [0.717, 1.165) is 12.1 Å². The molecule has 0 radical (unpaired) electrons. The summed E-state index contributed by atoms with van der Waals surface area (Å²) in [5.41, 5.74) is 3.17. The molecule has 1 aliphatic heterocycles. The summed E-state index contributed by atoms with van der Waals surface area (Å²) in [6.07, 6.45) is 0.857. The van der Waals surface area contributed by atoms with E-state index in [0.29, 0.717) is 32.6 Å². The normalized spacial score (nSPS) is 13.0. The number of nitrogens with zero attached hydrogens (tertiary/aromatic N) is 3. The van der Waals surface area contributed by atoms with Crippen LogP contribution in [-0.2, 0) is 11.2 Å². The highest BCUT2D eigenvalue weighted by molar-refractivity contribution is 7.99. The maximum Gasteiger partial charge on any atom is 0.276 e. The van der Waals surface area contributed by atoms with Crippen LogP contribution in [0.2, 0.25) is 5.02 Å².